The van der Waals surface area contributed by atoms with Crippen molar-refractivity contribution >= 4 is 23.7 Å². The van der Waals surface area contributed by atoms with E-state index in [0.29, 0.717) is 35.8 Å². The van der Waals surface area contributed by atoms with Crippen molar-refractivity contribution in [2.75, 3.05) is 19.0 Å². The van der Waals surface area contributed by atoms with Gasteiger partial charge >= 0.3 is 5.76 Å². The normalized spacial score (nSPS) is 33.0. The minimum Gasteiger partial charge on any atom is -0.384 e. The number of fused-ring (bicyclic) bond motifs is 1. The van der Waals surface area contributed by atoms with Crippen LogP contribution in [0.5, 0.6) is 0 Å². The monoisotopic (exact) mass is 600 g/mol. The van der Waals surface area contributed by atoms with Gasteiger partial charge in [0, 0.05) is 37.3 Å². The lowest BCUT2D eigenvalue weighted by atomic mass is 9.82. The molecular weight excluding hydrogens is 560 g/mol. The van der Waals surface area contributed by atoms with Crippen LogP contribution >= 0.6 is 11.6 Å². The first-order valence-electron chi connectivity index (χ1n) is 15.1. The van der Waals surface area contributed by atoms with Gasteiger partial charge in [-0.05, 0) is 50.9 Å². The lowest BCUT2D eigenvalue weighted by Crippen LogP contribution is -2.62. The van der Waals surface area contributed by atoms with Crippen molar-refractivity contribution in [1.29, 1.82) is 0 Å². The van der Waals surface area contributed by atoms with Crippen LogP contribution in [0.4, 0.5) is 0 Å². The molecule has 6 rings (SSSR count). The molecule has 13 nitrogen and oxygen atoms in total. The predicted octanol–water partition coefficient (Wildman–Crippen LogP) is 2.78. The van der Waals surface area contributed by atoms with Gasteiger partial charge < -0.3 is 14.3 Å². The van der Waals surface area contributed by atoms with Crippen LogP contribution < -0.4 is 16.4 Å². The number of hydrogen-bond acceptors (Lipinski definition) is 12. The van der Waals surface area contributed by atoms with E-state index in [4.69, 9.17) is 25.5 Å². The molecule has 3 N–H and O–H groups in total. The first-order valence-corrected chi connectivity index (χ1v) is 15.7. The van der Waals surface area contributed by atoms with Gasteiger partial charge in [0.1, 0.15) is 12.5 Å². The Kier molecular flexibility index (Phi) is 8.89. The van der Waals surface area contributed by atoms with Gasteiger partial charge in [0.25, 0.3) is 5.89 Å². The molecule has 3 fully saturated rings. The van der Waals surface area contributed by atoms with Crippen LogP contribution in [-0.4, -0.2) is 85.7 Å². The van der Waals surface area contributed by atoms with E-state index in [-0.39, 0.29) is 42.4 Å². The van der Waals surface area contributed by atoms with Gasteiger partial charge in [-0.25, -0.2) is 14.9 Å². The molecule has 0 aromatic carbocycles. The molecule has 0 radical (unpaired) electrons. The maximum atomic E-state index is 11.8. The quantitative estimate of drug-likeness (QED) is 0.274. The summed E-state index contributed by atoms with van der Waals surface area (Å²) >= 11 is 6.34. The topological polar surface area (TPSA) is 153 Å². The molecule has 1 aliphatic carbocycles. The van der Waals surface area contributed by atoms with E-state index in [2.05, 4.69) is 59.3 Å². The zero-order valence-electron chi connectivity index (χ0n) is 24.3. The average molecular weight is 601 g/mol. The summed E-state index contributed by atoms with van der Waals surface area (Å²) < 4.78 is 11.0. The number of hydrogen-bond donors (Lipinski definition) is 3. The van der Waals surface area contributed by atoms with Crippen LogP contribution in [0.3, 0.4) is 0 Å². The van der Waals surface area contributed by atoms with E-state index in [0.717, 1.165) is 31.8 Å². The van der Waals surface area contributed by atoms with Crippen LogP contribution in [-0.2, 0) is 0 Å². The summed E-state index contributed by atoms with van der Waals surface area (Å²) in [6.45, 7) is 9.82. The van der Waals surface area contributed by atoms with Crippen LogP contribution in [0.25, 0.3) is 0 Å². The average Bonchev–Trinajstić information content (AvgIpc) is 3.79. The number of amidine groups is 1. The summed E-state index contributed by atoms with van der Waals surface area (Å²) in [7, 11) is 0. The van der Waals surface area contributed by atoms with Crippen LogP contribution in [0.15, 0.2) is 36.5 Å². The van der Waals surface area contributed by atoms with Crippen molar-refractivity contribution in [3.05, 3.63) is 40.9 Å². The van der Waals surface area contributed by atoms with Gasteiger partial charge in [0.05, 0.1) is 18.1 Å². The molecule has 0 bridgehead atoms. The van der Waals surface area contributed by atoms with Gasteiger partial charge in [-0.3, -0.25) is 20.1 Å². The molecule has 14 heteroatoms. The van der Waals surface area contributed by atoms with Crippen molar-refractivity contribution < 1.29 is 8.94 Å². The van der Waals surface area contributed by atoms with Crippen molar-refractivity contribution in [2.24, 2.45) is 27.7 Å². The molecular formula is C28H41ClN10O3. The highest BCUT2D eigenvalue weighted by Crippen LogP contribution is 2.40. The number of aryl methyl sites for hydroxylation is 1. The molecule has 2 unspecified atom stereocenters. The van der Waals surface area contributed by atoms with Gasteiger partial charge in [0.2, 0.25) is 5.89 Å². The fourth-order valence-corrected chi connectivity index (χ4v) is 7.45. The van der Waals surface area contributed by atoms with Crippen LogP contribution in [0.2, 0.25) is 0 Å². The molecule has 1 saturated carbocycles. The number of rotatable bonds is 10. The molecule has 3 aliphatic heterocycles. The molecule has 0 amide bonds. The molecule has 2 aromatic heterocycles. The van der Waals surface area contributed by atoms with Gasteiger partial charge in [-0.15, -0.1) is 16.7 Å². The molecule has 4 aliphatic rings. The van der Waals surface area contributed by atoms with Crippen molar-refractivity contribution in [2.45, 2.75) is 89.4 Å². The Labute approximate surface area is 250 Å². The highest BCUT2D eigenvalue weighted by molar-refractivity contribution is 6.17. The Morgan fingerprint density at radius 3 is 2.79 bits per heavy atom. The molecule has 6 atom stereocenters. The molecule has 42 heavy (non-hydrogen) atoms. The Hall–Kier alpha value is -2.87. The standard InChI is InChI=1S/C28H41ClN10O3/c1-4-30-14-19(11-12-29)21-22-23(33-24(32-21)26-35-36-28(40)41-26)34-27(39(22)15-18-9-7-16(2)8-10-18)38-13-5-6-20(38)25-31-17(3)37-42-25/h4,14,16,18-23,27,34H,1,5-13,15H2,2-3H3,(H,32,33)(H,36,40)/t16?,18?,19-,20?,21-,22?,23+,27+/m1/s1. The Morgan fingerprint density at radius 2 is 2.10 bits per heavy atom. The Bertz CT molecular complexity index is 1330. The zero-order valence-corrected chi connectivity index (χ0v) is 25.0. The Morgan fingerprint density at radius 1 is 1.26 bits per heavy atom. The second-order valence-electron chi connectivity index (χ2n) is 12.1. The third-order valence-corrected chi connectivity index (χ3v) is 9.47. The fraction of sp³-hybridized carbons (Fsp3) is 0.714. The second-order valence-corrected chi connectivity index (χ2v) is 12.4. The molecule has 2 saturated heterocycles. The minimum absolute atomic E-state index is 0.0120. The van der Waals surface area contributed by atoms with Gasteiger partial charge in [0.15, 0.2) is 11.7 Å². The molecule has 5 heterocycles. The Balaban J connectivity index is 1.39. The van der Waals surface area contributed by atoms with Gasteiger partial charge in [-0.2, -0.15) is 4.98 Å². The SMILES string of the molecule is C=CN=C[C@@H](CCCl)[C@H]1NC(c2n[nH]c(=O)o2)=N[C@H]2N[C@@H](N3CCCC3c3nc(C)no3)N(CC3CCC(C)CC3)C21. The number of halogens is 1. The summed E-state index contributed by atoms with van der Waals surface area (Å²) in [5.74, 6) is 3.02. The lowest BCUT2D eigenvalue weighted by molar-refractivity contribution is 0.000933. The van der Waals surface area contributed by atoms with E-state index < -0.39 is 5.76 Å². The summed E-state index contributed by atoms with van der Waals surface area (Å²) in [4.78, 5) is 30.9. The summed E-state index contributed by atoms with van der Waals surface area (Å²) in [6.07, 6.45) is 10.7. The first-order chi connectivity index (χ1) is 20.4. The smallest absolute Gasteiger partial charge is 0.384 e. The first kappa shape index (κ1) is 29.2. The number of aromatic nitrogens is 4. The van der Waals surface area contributed by atoms with Crippen LogP contribution in [0, 0.1) is 24.7 Å². The van der Waals surface area contributed by atoms with E-state index in [1.165, 1.54) is 25.7 Å². The number of alkyl halides is 1. The summed E-state index contributed by atoms with van der Waals surface area (Å²) in [5.41, 5.74) is 0. The predicted molar refractivity (Wildman–Crippen MR) is 158 cm³/mol. The highest BCUT2D eigenvalue weighted by atomic mass is 35.5. The number of aliphatic imine (C=N–C) groups is 2. The zero-order chi connectivity index (χ0) is 29.2. The summed E-state index contributed by atoms with van der Waals surface area (Å²) in [5, 5.41) is 18.0. The van der Waals surface area contributed by atoms with Crippen molar-refractivity contribution in [3.8, 4) is 0 Å². The number of aromatic amines is 1. The maximum absolute atomic E-state index is 11.8. The molecule has 2 aromatic rings. The van der Waals surface area contributed by atoms with Crippen LogP contribution in [0.1, 0.15) is 75.5 Å². The number of likely N-dealkylation sites (tertiary alicyclic amines) is 1. The number of nitrogens with zero attached hydrogens (tertiary/aromatic N) is 7. The number of H-pyrrole nitrogens is 1. The van der Waals surface area contributed by atoms with E-state index in [1.54, 1.807) is 6.20 Å². The van der Waals surface area contributed by atoms with E-state index >= 15 is 0 Å². The minimum atomic E-state index is -0.626. The fourth-order valence-electron chi connectivity index (χ4n) is 7.19. The molecule has 228 valence electrons. The van der Waals surface area contributed by atoms with Crippen molar-refractivity contribution in [1.82, 2.24) is 40.8 Å². The third kappa shape index (κ3) is 5.97. The second kappa shape index (κ2) is 12.8. The van der Waals surface area contributed by atoms with Gasteiger partial charge in [-0.1, -0.05) is 31.5 Å². The van der Waals surface area contributed by atoms with Crippen molar-refractivity contribution in [3.63, 3.8) is 0 Å². The van der Waals surface area contributed by atoms with E-state index in [1.807, 2.05) is 13.1 Å². The number of nitrogens with one attached hydrogen (secondary N) is 3. The maximum Gasteiger partial charge on any atom is 0.434 e. The largest absolute Gasteiger partial charge is 0.434 e. The third-order valence-electron chi connectivity index (χ3n) is 9.25. The molecule has 0 spiro atoms. The van der Waals surface area contributed by atoms with E-state index in [9.17, 15) is 4.79 Å². The highest BCUT2D eigenvalue weighted by Gasteiger charge is 2.53. The lowest BCUT2D eigenvalue weighted by Gasteiger charge is -2.44. The summed E-state index contributed by atoms with van der Waals surface area (Å²) in [6, 6.07) is -0.157.